The summed E-state index contributed by atoms with van der Waals surface area (Å²) in [6.07, 6.45) is 1.58. The molecule has 1 saturated heterocycles. The fourth-order valence-corrected chi connectivity index (χ4v) is 3.47. The minimum absolute atomic E-state index is 0.0434. The van der Waals surface area contributed by atoms with E-state index in [-0.39, 0.29) is 5.69 Å². The number of carbonyl (C=O) groups is 2. The Kier molecular flexibility index (Phi) is 4.52. The molecule has 1 fully saturated rings. The number of hydrogen-bond donors (Lipinski definition) is 1. The molecule has 4 rings (SSSR count). The zero-order valence-corrected chi connectivity index (χ0v) is 15.0. The van der Waals surface area contributed by atoms with Crippen molar-refractivity contribution in [2.24, 2.45) is 0 Å². The summed E-state index contributed by atoms with van der Waals surface area (Å²) in [5.41, 5.74) is 2.11. The van der Waals surface area contributed by atoms with E-state index in [0.29, 0.717) is 31.7 Å². The van der Waals surface area contributed by atoms with Crippen molar-refractivity contribution in [1.29, 1.82) is 0 Å². The predicted octanol–water partition coefficient (Wildman–Crippen LogP) is 2.61. The molecule has 0 spiro atoms. The number of rotatable bonds is 4. The highest BCUT2D eigenvalue weighted by Crippen LogP contribution is 2.22. The van der Waals surface area contributed by atoms with Gasteiger partial charge >= 0.3 is 0 Å². The van der Waals surface area contributed by atoms with Gasteiger partial charge < -0.3 is 14.8 Å². The van der Waals surface area contributed by atoms with Gasteiger partial charge in [-0.05, 0) is 18.2 Å². The number of nitrogens with one attached hydrogen (secondary N) is 1. The van der Waals surface area contributed by atoms with Crippen molar-refractivity contribution in [1.82, 2.24) is 9.88 Å². The number of piperazine rings is 1. The van der Waals surface area contributed by atoms with E-state index in [1.54, 1.807) is 23.2 Å². The highest BCUT2D eigenvalue weighted by Gasteiger charge is 2.28. The van der Waals surface area contributed by atoms with Gasteiger partial charge in [-0.15, -0.1) is 0 Å². The van der Waals surface area contributed by atoms with Gasteiger partial charge in [-0.2, -0.15) is 0 Å². The maximum atomic E-state index is 12.7. The molecule has 0 radical (unpaired) electrons. The Morgan fingerprint density at radius 3 is 2.32 bits per heavy atom. The highest BCUT2D eigenvalue weighted by atomic mass is 16.6. The van der Waals surface area contributed by atoms with Crippen molar-refractivity contribution in [3.63, 3.8) is 0 Å². The molecule has 8 heteroatoms. The predicted molar refractivity (Wildman–Crippen MR) is 105 cm³/mol. The van der Waals surface area contributed by atoms with Gasteiger partial charge in [0.25, 0.3) is 17.4 Å². The fraction of sp³-hybridized carbons (Fsp3) is 0.200. The summed E-state index contributed by atoms with van der Waals surface area (Å²) in [5.74, 6) is -1.02. The third kappa shape index (κ3) is 3.20. The molecule has 28 heavy (non-hydrogen) atoms. The van der Waals surface area contributed by atoms with Crippen LogP contribution in [0.5, 0.6) is 0 Å². The van der Waals surface area contributed by atoms with Crippen LogP contribution >= 0.6 is 0 Å². The minimum atomic E-state index is -0.513. The summed E-state index contributed by atoms with van der Waals surface area (Å²) >= 11 is 0. The number of ketones is 1. The van der Waals surface area contributed by atoms with E-state index in [1.165, 1.54) is 12.1 Å². The lowest BCUT2D eigenvalue weighted by molar-refractivity contribution is -0.384. The molecule has 0 aliphatic carbocycles. The zero-order chi connectivity index (χ0) is 19.7. The van der Waals surface area contributed by atoms with E-state index in [4.69, 9.17) is 0 Å². The number of benzene rings is 2. The summed E-state index contributed by atoms with van der Waals surface area (Å²) in [6.45, 7) is 1.96. The number of nitro groups is 1. The van der Waals surface area contributed by atoms with Crippen LogP contribution in [-0.2, 0) is 4.79 Å². The van der Waals surface area contributed by atoms with E-state index in [9.17, 15) is 19.7 Å². The molecular weight excluding hydrogens is 360 g/mol. The second kappa shape index (κ2) is 7.15. The lowest BCUT2D eigenvalue weighted by atomic mass is 10.1. The molecule has 0 atom stereocenters. The lowest BCUT2D eigenvalue weighted by Gasteiger charge is -2.35. The molecule has 1 N–H and O–H groups in total. The number of fused-ring (bicyclic) bond motifs is 1. The third-order valence-corrected chi connectivity index (χ3v) is 5.02. The van der Waals surface area contributed by atoms with Crippen LogP contribution in [0.15, 0.2) is 54.7 Å². The van der Waals surface area contributed by atoms with Crippen molar-refractivity contribution in [3.8, 4) is 0 Å². The number of Topliss-reactive ketones (excluding diaryl/α,β-unsaturated/α-hetero) is 1. The number of para-hydroxylation sites is 1. The van der Waals surface area contributed by atoms with Crippen molar-refractivity contribution in [3.05, 3.63) is 70.4 Å². The standard InChI is InChI=1S/C20H18N4O4/c25-19(17-13-21-18-4-2-1-3-16(17)18)20(26)23-11-9-22(10-12-23)14-5-7-15(8-6-14)24(27)28/h1-8,13,21H,9-12H2. The Morgan fingerprint density at radius 2 is 1.64 bits per heavy atom. The quantitative estimate of drug-likeness (QED) is 0.326. The Balaban J connectivity index is 1.42. The third-order valence-electron chi connectivity index (χ3n) is 5.02. The first kappa shape index (κ1) is 17.7. The van der Waals surface area contributed by atoms with Crippen LogP contribution in [0.25, 0.3) is 10.9 Å². The number of aromatic nitrogens is 1. The van der Waals surface area contributed by atoms with Crippen LogP contribution in [-0.4, -0.2) is 52.7 Å². The second-order valence-electron chi connectivity index (χ2n) is 6.63. The van der Waals surface area contributed by atoms with Crippen molar-refractivity contribution in [2.45, 2.75) is 0 Å². The maximum Gasteiger partial charge on any atom is 0.295 e. The topological polar surface area (TPSA) is 99.6 Å². The Hall–Kier alpha value is -3.68. The van der Waals surface area contributed by atoms with Gasteiger partial charge in [-0.3, -0.25) is 19.7 Å². The maximum absolute atomic E-state index is 12.7. The molecule has 8 nitrogen and oxygen atoms in total. The van der Waals surface area contributed by atoms with Gasteiger partial charge in [0.05, 0.1) is 10.5 Å². The average Bonchev–Trinajstić information content (AvgIpc) is 3.17. The number of anilines is 1. The number of aromatic amines is 1. The average molecular weight is 378 g/mol. The Bertz CT molecular complexity index is 1050. The van der Waals surface area contributed by atoms with E-state index in [2.05, 4.69) is 4.98 Å². The summed E-state index contributed by atoms with van der Waals surface area (Å²) in [6, 6.07) is 13.7. The van der Waals surface area contributed by atoms with Crippen molar-refractivity contribution in [2.75, 3.05) is 31.1 Å². The number of nitrogens with zero attached hydrogens (tertiary/aromatic N) is 3. The van der Waals surface area contributed by atoms with Crippen LogP contribution in [0, 0.1) is 10.1 Å². The molecule has 3 aromatic rings. The molecule has 2 heterocycles. The van der Waals surface area contributed by atoms with Crippen LogP contribution in [0.3, 0.4) is 0 Å². The van der Waals surface area contributed by atoms with Crippen LogP contribution in [0.1, 0.15) is 10.4 Å². The summed E-state index contributed by atoms with van der Waals surface area (Å²) in [4.78, 5) is 42.3. The number of amides is 1. The highest BCUT2D eigenvalue weighted by molar-refractivity contribution is 6.44. The van der Waals surface area contributed by atoms with E-state index < -0.39 is 16.6 Å². The molecule has 1 amide bonds. The van der Waals surface area contributed by atoms with Gasteiger partial charge in [0.15, 0.2) is 0 Å². The summed E-state index contributed by atoms with van der Waals surface area (Å²) in [5, 5.41) is 11.5. The fourth-order valence-electron chi connectivity index (χ4n) is 3.47. The molecule has 1 aliphatic heterocycles. The van der Waals surface area contributed by atoms with Crippen LogP contribution in [0.2, 0.25) is 0 Å². The largest absolute Gasteiger partial charge is 0.368 e. The van der Waals surface area contributed by atoms with E-state index >= 15 is 0 Å². The molecule has 142 valence electrons. The first-order valence-electron chi connectivity index (χ1n) is 8.94. The first-order valence-corrected chi connectivity index (χ1v) is 8.94. The van der Waals surface area contributed by atoms with Crippen molar-refractivity contribution < 1.29 is 14.5 Å². The van der Waals surface area contributed by atoms with E-state index in [1.807, 2.05) is 29.2 Å². The van der Waals surface area contributed by atoms with Gasteiger partial charge in [0.2, 0.25) is 0 Å². The molecule has 0 unspecified atom stereocenters. The Labute approximate surface area is 160 Å². The summed E-state index contributed by atoms with van der Waals surface area (Å²) in [7, 11) is 0. The monoisotopic (exact) mass is 378 g/mol. The SMILES string of the molecule is O=C(C(=O)N1CCN(c2ccc([N+](=O)[O-])cc2)CC1)c1c[nH]c2ccccc12. The molecule has 0 bridgehead atoms. The van der Waals surface area contributed by atoms with Gasteiger partial charge in [0, 0.05) is 61.1 Å². The van der Waals surface area contributed by atoms with E-state index in [0.717, 1.165) is 16.6 Å². The van der Waals surface area contributed by atoms with Gasteiger partial charge in [-0.1, -0.05) is 18.2 Å². The lowest BCUT2D eigenvalue weighted by Crippen LogP contribution is -2.50. The number of carbonyl (C=O) groups excluding carboxylic acids is 2. The Morgan fingerprint density at radius 1 is 0.964 bits per heavy atom. The number of nitro benzene ring substituents is 1. The second-order valence-corrected chi connectivity index (χ2v) is 6.63. The van der Waals surface area contributed by atoms with Gasteiger partial charge in [-0.25, -0.2) is 0 Å². The minimum Gasteiger partial charge on any atom is -0.368 e. The first-order chi connectivity index (χ1) is 13.5. The smallest absolute Gasteiger partial charge is 0.295 e. The molecular formula is C20H18N4O4. The number of H-pyrrole nitrogens is 1. The molecule has 0 saturated carbocycles. The normalized spacial score (nSPS) is 14.3. The van der Waals surface area contributed by atoms with Crippen molar-refractivity contribution >= 4 is 34.0 Å². The van der Waals surface area contributed by atoms with Crippen LogP contribution < -0.4 is 4.90 Å². The van der Waals surface area contributed by atoms with Crippen LogP contribution in [0.4, 0.5) is 11.4 Å². The molecule has 1 aliphatic rings. The molecule has 1 aromatic heterocycles. The number of non-ortho nitro benzene ring substituents is 1. The van der Waals surface area contributed by atoms with Gasteiger partial charge in [0.1, 0.15) is 0 Å². The zero-order valence-electron chi connectivity index (χ0n) is 15.0. The molecule has 2 aromatic carbocycles. The summed E-state index contributed by atoms with van der Waals surface area (Å²) < 4.78 is 0. The number of hydrogen-bond acceptors (Lipinski definition) is 5.